The fourth-order valence-electron chi connectivity index (χ4n) is 4.46. The molecular formula is C26H22N2O3S. The normalized spacial score (nSPS) is 22.9. The average Bonchev–Trinajstić information content (AvgIpc) is 3.19. The van der Waals surface area contributed by atoms with E-state index in [1.54, 1.807) is 12.1 Å². The minimum atomic E-state index is -3.35. The van der Waals surface area contributed by atoms with Crippen LogP contribution in [0, 0.1) is 5.92 Å². The largest absolute Gasteiger partial charge is 0.274 e. The van der Waals surface area contributed by atoms with Gasteiger partial charge in [0.15, 0.2) is 9.84 Å². The van der Waals surface area contributed by atoms with Crippen LogP contribution >= 0.6 is 0 Å². The lowest BCUT2D eigenvalue weighted by atomic mass is 9.87. The summed E-state index contributed by atoms with van der Waals surface area (Å²) in [5.41, 5.74) is 3.63. The number of hydrogen-bond donors (Lipinski definition) is 0. The van der Waals surface area contributed by atoms with Gasteiger partial charge in [0.1, 0.15) is 0 Å². The van der Waals surface area contributed by atoms with Gasteiger partial charge in [-0.1, -0.05) is 78.9 Å². The lowest BCUT2D eigenvalue weighted by Gasteiger charge is -2.29. The van der Waals surface area contributed by atoms with E-state index in [9.17, 15) is 13.2 Å². The second-order valence-corrected chi connectivity index (χ2v) is 10.2. The van der Waals surface area contributed by atoms with Crippen molar-refractivity contribution in [3.8, 4) is 0 Å². The molecule has 3 aromatic rings. The number of benzene rings is 3. The van der Waals surface area contributed by atoms with Crippen LogP contribution in [0.25, 0.3) is 6.08 Å². The molecule has 0 spiro atoms. The topological polar surface area (TPSA) is 66.8 Å². The lowest BCUT2D eigenvalue weighted by molar-refractivity contribution is 0.0689. The van der Waals surface area contributed by atoms with Gasteiger partial charge in [-0.25, -0.2) is 13.4 Å². The standard InChI is InChI=1S/C26H22N2O3S/c29-26(21-14-8-3-9-15-21)28-25(20-12-6-2-7-13-20)23-18-32(30,31)17-22(24(23)27-28)16-19-10-4-1-5-11-19/h1-16,23,25H,17-18H2/b22-16+. The van der Waals surface area contributed by atoms with Gasteiger partial charge in [-0.05, 0) is 34.9 Å². The van der Waals surface area contributed by atoms with Crippen molar-refractivity contribution in [2.75, 3.05) is 11.5 Å². The Kier molecular flexibility index (Phi) is 5.23. The number of rotatable bonds is 3. The first-order valence-corrected chi connectivity index (χ1v) is 12.3. The lowest BCUT2D eigenvalue weighted by Crippen LogP contribution is -2.38. The van der Waals surface area contributed by atoms with Gasteiger partial charge in [-0.3, -0.25) is 4.79 Å². The van der Waals surface area contributed by atoms with Crippen molar-refractivity contribution >= 4 is 27.5 Å². The van der Waals surface area contributed by atoms with E-state index < -0.39 is 21.8 Å². The predicted molar refractivity (Wildman–Crippen MR) is 126 cm³/mol. The number of hydrazone groups is 1. The van der Waals surface area contributed by atoms with Crippen LogP contribution in [-0.2, 0) is 9.84 Å². The van der Waals surface area contributed by atoms with E-state index in [0.717, 1.165) is 11.1 Å². The molecule has 0 aliphatic carbocycles. The van der Waals surface area contributed by atoms with E-state index in [4.69, 9.17) is 5.10 Å². The number of hydrogen-bond acceptors (Lipinski definition) is 4. The van der Waals surface area contributed by atoms with Gasteiger partial charge in [0.2, 0.25) is 0 Å². The molecule has 0 aromatic heterocycles. The number of sulfone groups is 1. The molecule has 1 saturated heterocycles. The van der Waals surface area contributed by atoms with E-state index in [2.05, 4.69) is 0 Å². The highest BCUT2D eigenvalue weighted by atomic mass is 32.2. The average molecular weight is 443 g/mol. The molecule has 6 heteroatoms. The Balaban J connectivity index is 1.64. The van der Waals surface area contributed by atoms with Gasteiger partial charge in [-0.2, -0.15) is 5.10 Å². The van der Waals surface area contributed by atoms with Crippen molar-refractivity contribution in [1.29, 1.82) is 0 Å². The molecule has 3 aromatic carbocycles. The highest BCUT2D eigenvalue weighted by Gasteiger charge is 2.47. The Bertz CT molecular complexity index is 1300. The first-order valence-electron chi connectivity index (χ1n) is 10.5. The molecule has 5 nitrogen and oxygen atoms in total. The molecule has 1 amide bonds. The number of carbonyl (C=O) groups excluding carboxylic acids is 1. The van der Waals surface area contributed by atoms with Gasteiger partial charge in [0.25, 0.3) is 5.91 Å². The van der Waals surface area contributed by atoms with Crippen LogP contribution in [0.3, 0.4) is 0 Å². The Morgan fingerprint density at radius 2 is 1.47 bits per heavy atom. The molecule has 32 heavy (non-hydrogen) atoms. The fourth-order valence-corrected chi connectivity index (χ4v) is 6.17. The highest BCUT2D eigenvalue weighted by Crippen LogP contribution is 2.42. The Labute approximate surface area is 187 Å². The van der Waals surface area contributed by atoms with Crippen molar-refractivity contribution in [1.82, 2.24) is 5.01 Å². The second kappa shape index (κ2) is 8.20. The van der Waals surface area contributed by atoms with Crippen LogP contribution in [0.5, 0.6) is 0 Å². The van der Waals surface area contributed by atoms with Gasteiger partial charge in [0.05, 0.1) is 23.3 Å². The summed E-state index contributed by atoms with van der Waals surface area (Å²) >= 11 is 0. The smallest absolute Gasteiger partial charge is 0.267 e. The summed E-state index contributed by atoms with van der Waals surface area (Å²) in [7, 11) is -3.35. The zero-order chi connectivity index (χ0) is 22.1. The maximum absolute atomic E-state index is 13.5. The molecule has 0 saturated carbocycles. The fraction of sp³-hybridized carbons (Fsp3) is 0.154. The molecule has 5 rings (SSSR count). The second-order valence-electron chi connectivity index (χ2n) is 8.10. The Hall–Kier alpha value is -3.51. The van der Waals surface area contributed by atoms with Crippen LogP contribution in [0.15, 0.2) is 102 Å². The van der Waals surface area contributed by atoms with Crippen molar-refractivity contribution < 1.29 is 13.2 Å². The van der Waals surface area contributed by atoms with Gasteiger partial charge in [-0.15, -0.1) is 0 Å². The number of carbonyl (C=O) groups is 1. The molecule has 2 heterocycles. The molecule has 2 atom stereocenters. The predicted octanol–water partition coefficient (Wildman–Crippen LogP) is 4.37. The summed E-state index contributed by atoms with van der Waals surface area (Å²) < 4.78 is 25.8. The third-order valence-corrected chi connectivity index (χ3v) is 7.48. The molecule has 0 radical (unpaired) electrons. The third-order valence-electron chi connectivity index (χ3n) is 5.86. The first kappa shape index (κ1) is 20.4. The van der Waals surface area contributed by atoms with Crippen LogP contribution in [0.1, 0.15) is 27.5 Å². The SMILES string of the molecule is O=C(c1ccccc1)N1N=C2/C(=C/c3ccccc3)CS(=O)(=O)CC2C1c1ccccc1. The van der Waals surface area contributed by atoms with Crippen LogP contribution in [-0.4, -0.2) is 36.6 Å². The minimum absolute atomic E-state index is 0.0317. The van der Waals surface area contributed by atoms with Crippen molar-refractivity contribution in [3.05, 3.63) is 113 Å². The van der Waals surface area contributed by atoms with E-state index in [-0.39, 0.29) is 17.4 Å². The maximum atomic E-state index is 13.5. The zero-order valence-corrected chi connectivity index (χ0v) is 18.2. The monoisotopic (exact) mass is 442 g/mol. The summed E-state index contributed by atoms with van der Waals surface area (Å²) in [6.07, 6.45) is 1.88. The Morgan fingerprint density at radius 1 is 0.875 bits per heavy atom. The van der Waals surface area contributed by atoms with Crippen molar-refractivity contribution in [2.45, 2.75) is 6.04 Å². The van der Waals surface area contributed by atoms with Crippen LogP contribution in [0.4, 0.5) is 0 Å². The highest BCUT2D eigenvalue weighted by molar-refractivity contribution is 7.91. The summed E-state index contributed by atoms with van der Waals surface area (Å²) in [5, 5.41) is 6.23. The molecule has 0 N–H and O–H groups in total. The number of amides is 1. The van der Waals surface area contributed by atoms with E-state index in [1.807, 2.05) is 84.9 Å². The zero-order valence-electron chi connectivity index (χ0n) is 17.3. The van der Waals surface area contributed by atoms with E-state index in [0.29, 0.717) is 16.8 Å². The van der Waals surface area contributed by atoms with Crippen LogP contribution < -0.4 is 0 Å². The minimum Gasteiger partial charge on any atom is -0.267 e. The molecule has 2 unspecified atom stereocenters. The van der Waals surface area contributed by atoms with Crippen molar-refractivity contribution in [3.63, 3.8) is 0 Å². The molecule has 160 valence electrons. The van der Waals surface area contributed by atoms with E-state index >= 15 is 0 Å². The van der Waals surface area contributed by atoms with Gasteiger partial charge in [0, 0.05) is 11.5 Å². The van der Waals surface area contributed by atoms with Gasteiger partial charge >= 0.3 is 0 Å². The number of fused-ring (bicyclic) bond motifs is 1. The molecule has 0 bridgehead atoms. The summed E-state index contributed by atoms with van der Waals surface area (Å²) in [6, 6.07) is 27.7. The third kappa shape index (κ3) is 3.89. The van der Waals surface area contributed by atoms with Crippen molar-refractivity contribution in [2.24, 2.45) is 11.0 Å². The molecule has 2 aliphatic heterocycles. The summed E-state index contributed by atoms with van der Waals surface area (Å²) in [4.78, 5) is 13.5. The maximum Gasteiger partial charge on any atom is 0.274 e. The number of nitrogens with zero attached hydrogens (tertiary/aromatic N) is 2. The molecule has 1 fully saturated rings. The molecular weight excluding hydrogens is 420 g/mol. The summed E-state index contributed by atoms with van der Waals surface area (Å²) in [6.45, 7) is 0. The first-order chi connectivity index (χ1) is 15.5. The summed E-state index contributed by atoms with van der Waals surface area (Å²) in [5.74, 6) is -0.765. The Morgan fingerprint density at radius 3 is 2.12 bits per heavy atom. The van der Waals surface area contributed by atoms with Crippen LogP contribution in [0.2, 0.25) is 0 Å². The molecule has 2 aliphatic rings. The van der Waals surface area contributed by atoms with Gasteiger partial charge < -0.3 is 0 Å². The quantitative estimate of drug-likeness (QED) is 0.605. The van der Waals surface area contributed by atoms with E-state index in [1.165, 1.54) is 5.01 Å².